The second kappa shape index (κ2) is 5.93. The van der Waals surface area contributed by atoms with Crippen molar-refractivity contribution in [3.05, 3.63) is 54.1 Å². The van der Waals surface area contributed by atoms with E-state index in [4.69, 9.17) is 15.3 Å². The van der Waals surface area contributed by atoms with Crippen LogP contribution in [0.4, 0.5) is 5.69 Å². The Morgan fingerprint density at radius 2 is 1.83 bits per heavy atom. The second-order valence-corrected chi connectivity index (χ2v) is 3.81. The number of hydrogen-bond acceptors (Lipinski definition) is 4. The van der Waals surface area contributed by atoms with Crippen molar-refractivity contribution in [2.24, 2.45) is 5.84 Å². The number of nitrogens with one attached hydrogen (secondary N) is 1. The van der Waals surface area contributed by atoms with Gasteiger partial charge in [-0.1, -0.05) is 12.1 Å². The maximum absolute atomic E-state index is 5.67. The summed E-state index contributed by atoms with van der Waals surface area (Å²) in [4.78, 5) is 0. The van der Waals surface area contributed by atoms with Crippen molar-refractivity contribution in [1.29, 1.82) is 0 Å². The Hall–Kier alpha value is -2.20. The van der Waals surface area contributed by atoms with Gasteiger partial charge in [0, 0.05) is 5.69 Å². The number of rotatable bonds is 5. The molecular weight excluding hydrogens is 228 g/mol. The van der Waals surface area contributed by atoms with E-state index in [0.29, 0.717) is 6.61 Å². The first-order valence-corrected chi connectivity index (χ1v) is 5.64. The van der Waals surface area contributed by atoms with Crippen LogP contribution >= 0.6 is 0 Å². The molecule has 0 aliphatic rings. The number of benzene rings is 2. The van der Waals surface area contributed by atoms with Crippen LogP contribution in [0.1, 0.15) is 5.56 Å². The maximum Gasteiger partial charge on any atom is 0.119 e. The number of methoxy groups -OCH3 is 1. The minimum absolute atomic E-state index is 0.507. The van der Waals surface area contributed by atoms with Crippen LogP contribution in [0.2, 0.25) is 0 Å². The molecule has 0 atom stereocenters. The predicted octanol–water partition coefficient (Wildman–Crippen LogP) is 2.56. The summed E-state index contributed by atoms with van der Waals surface area (Å²) in [6.07, 6.45) is 0. The minimum atomic E-state index is 0.507. The van der Waals surface area contributed by atoms with Crippen LogP contribution in [-0.2, 0) is 6.61 Å². The Balaban J connectivity index is 1.97. The molecule has 0 saturated heterocycles. The van der Waals surface area contributed by atoms with Crippen LogP contribution in [0.5, 0.6) is 11.5 Å². The lowest BCUT2D eigenvalue weighted by Gasteiger charge is -2.08. The highest BCUT2D eigenvalue weighted by molar-refractivity contribution is 5.45. The van der Waals surface area contributed by atoms with E-state index in [9.17, 15) is 0 Å². The zero-order chi connectivity index (χ0) is 12.8. The molecule has 18 heavy (non-hydrogen) atoms. The van der Waals surface area contributed by atoms with Gasteiger partial charge in [-0.05, 0) is 42.0 Å². The first-order valence-electron chi connectivity index (χ1n) is 5.64. The van der Waals surface area contributed by atoms with E-state index in [0.717, 1.165) is 22.7 Å². The third kappa shape index (κ3) is 3.15. The van der Waals surface area contributed by atoms with Crippen molar-refractivity contribution < 1.29 is 9.47 Å². The number of nitrogen functional groups attached to an aromatic ring is 1. The van der Waals surface area contributed by atoms with Gasteiger partial charge in [0.05, 0.1) is 7.11 Å². The fraction of sp³-hybridized carbons (Fsp3) is 0.143. The van der Waals surface area contributed by atoms with Crippen LogP contribution in [-0.4, -0.2) is 7.11 Å². The summed E-state index contributed by atoms with van der Waals surface area (Å²) in [6, 6.07) is 15.3. The van der Waals surface area contributed by atoms with Crippen molar-refractivity contribution in [3.63, 3.8) is 0 Å². The summed E-state index contributed by atoms with van der Waals surface area (Å²) in [6.45, 7) is 0.507. The van der Waals surface area contributed by atoms with Gasteiger partial charge in [-0.2, -0.15) is 0 Å². The lowest BCUT2D eigenvalue weighted by molar-refractivity contribution is 0.305. The van der Waals surface area contributed by atoms with Gasteiger partial charge in [0.25, 0.3) is 0 Å². The molecule has 2 aromatic rings. The molecule has 0 radical (unpaired) electrons. The summed E-state index contributed by atoms with van der Waals surface area (Å²) in [5.41, 5.74) is 4.49. The molecule has 2 rings (SSSR count). The van der Waals surface area contributed by atoms with Gasteiger partial charge >= 0.3 is 0 Å². The standard InChI is InChI=1S/C14H16N2O2/c1-17-14-4-2-3-11(9-14)10-18-13-7-5-12(16-15)6-8-13/h2-9,16H,10,15H2,1H3. The lowest BCUT2D eigenvalue weighted by atomic mass is 10.2. The molecule has 0 saturated carbocycles. The summed E-state index contributed by atoms with van der Waals surface area (Å²) in [5.74, 6) is 6.93. The minimum Gasteiger partial charge on any atom is -0.497 e. The van der Waals surface area contributed by atoms with Gasteiger partial charge in [0.15, 0.2) is 0 Å². The number of nitrogens with two attached hydrogens (primary N) is 1. The number of hydrazine groups is 1. The average molecular weight is 244 g/mol. The molecule has 4 heteroatoms. The summed E-state index contributed by atoms with van der Waals surface area (Å²) < 4.78 is 10.8. The third-order valence-electron chi connectivity index (χ3n) is 2.56. The summed E-state index contributed by atoms with van der Waals surface area (Å²) >= 11 is 0. The van der Waals surface area contributed by atoms with Crippen LogP contribution in [0, 0.1) is 0 Å². The average Bonchev–Trinajstić information content (AvgIpc) is 2.46. The van der Waals surface area contributed by atoms with E-state index >= 15 is 0 Å². The van der Waals surface area contributed by atoms with Crippen LogP contribution in [0.3, 0.4) is 0 Å². The molecule has 0 aliphatic carbocycles. The normalized spacial score (nSPS) is 9.89. The third-order valence-corrected chi connectivity index (χ3v) is 2.56. The highest BCUT2D eigenvalue weighted by Gasteiger charge is 1.98. The monoisotopic (exact) mass is 244 g/mol. The van der Waals surface area contributed by atoms with Crippen LogP contribution < -0.4 is 20.7 Å². The van der Waals surface area contributed by atoms with E-state index in [-0.39, 0.29) is 0 Å². The zero-order valence-electron chi connectivity index (χ0n) is 10.2. The zero-order valence-corrected chi connectivity index (χ0v) is 10.2. The summed E-state index contributed by atoms with van der Waals surface area (Å²) in [5, 5.41) is 0. The molecule has 0 amide bonds. The smallest absolute Gasteiger partial charge is 0.119 e. The van der Waals surface area contributed by atoms with Crippen LogP contribution in [0.25, 0.3) is 0 Å². The van der Waals surface area contributed by atoms with E-state index in [1.54, 1.807) is 7.11 Å². The van der Waals surface area contributed by atoms with Gasteiger partial charge in [-0.15, -0.1) is 0 Å². The maximum atomic E-state index is 5.67. The first kappa shape index (κ1) is 12.3. The van der Waals surface area contributed by atoms with E-state index in [1.165, 1.54) is 0 Å². The van der Waals surface area contributed by atoms with Gasteiger partial charge in [-0.3, -0.25) is 5.84 Å². The van der Waals surface area contributed by atoms with Gasteiger partial charge in [-0.25, -0.2) is 0 Å². The van der Waals surface area contributed by atoms with Crippen molar-refractivity contribution in [1.82, 2.24) is 0 Å². The lowest BCUT2D eigenvalue weighted by Crippen LogP contribution is -2.06. The Morgan fingerprint density at radius 1 is 1.06 bits per heavy atom. The molecule has 0 unspecified atom stereocenters. The van der Waals surface area contributed by atoms with Crippen molar-refractivity contribution in [3.8, 4) is 11.5 Å². The van der Waals surface area contributed by atoms with E-state index < -0.39 is 0 Å². The van der Waals surface area contributed by atoms with Crippen LogP contribution in [0.15, 0.2) is 48.5 Å². The Morgan fingerprint density at radius 3 is 2.50 bits per heavy atom. The quantitative estimate of drug-likeness (QED) is 0.627. The molecule has 0 fully saturated rings. The molecule has 0 bridgehead atoms. The van der Waals surface area contributed by atoms with Gasteiger partial charge in [0.1, 0.15) is 18.1 Å². The van der Waals surface area contributed by atoms with Crippen molar-refractivity contribution in [2.45, 2.75) is 6.61 Å². The van der Waals surface area contributed by atoms with Gasteiger partial charge < -0.3 is 14.9 Å². The highest BCUT2D eigenvalue weighted by atomic mass is 16.5. The van der Waals surface area contributed by atoms with Crippen molar-refractivity contribution in [2.75, 3.05) is 12.5 Å². The molecule has 94 valence electrons. The molecule has 2 aromatic carbocycles. The van der Waals surface area contributed by atoms with Crippen molar-refractivity contribution >= 4 is 5.69 Å². The van der Waals surface area contributed by atoms with E-state index in [1.807, 2.05) is 48.5 Å². The predicted molar refractivity (Wildman–Crippen MR) is 71.6 cm³/mol. The fourth-order valence-electron chi connectivity index (χ4n) is 1.58. The molecule has 0 spiro atoms. The number of anilines is 1. The first-order chi connectivity index (χ1) is 8.81. The SMILES string of the molecule is COc1cccc(COc2ccc(NN)cc2)c1. The van der Waals surface area contributed by atoms with E-state index in [2.05, 4.69) is 5.43 Å². The summed E-state index contributed by atoms with van der Waals surface area (Å²) in [7, 11) is 1.65. The second-order valence-electron chi connectivity index (χ2n) is 3.81. The highest BCUT2D eigenvalue weighted by Crippen LogP contribution is 2.18. The fourth-order valence-corrected chi connectivity index (χ4v) is 1.58. The molecule has 3 N–H and O–H groups in total. The molecule has 0 aliphatic heterocycles. The number of hydrogen-bond donors (Lipinski definition) is 2. The number of ether oxygens (including phenoxy) is 2. The molecule has 4 nitrogen and oxygen atoms in total. The largest absolute Gasteiger partial charge is 0.497 e. The molecule has 0 aromatic heterocycles. The molecule has 0 heterocycles. The van der Waals surface area contributed by atoms with Gasteiger partial charge in [0.2, 0.25) is 0 Å². The Kier molecular flexibility index (Phi) is 4.04. The topological polar surface area (TPSA) is 56.5 Å². The Labute approximate surface area is 106 Å². The molecular formula is C14H16N2O2. The Bertz CT molecular complexity index is 497.